The summed E-state index contributed by atoms with van der Waals surface area (Å²) >= 11 is 1.38. The summed E-state index contributed by atoms with van der Waals surface area (Å²) in [5, 5.41) is 4.03. The maximum atomic E-state index is 12.5. The number of thiophene rings is 1. The highest BCUT2D eigenvalue weighted by Crippen LogP contribution is 2.28. The lowest BCUT2D eigenvalue weighted by molar-refractivity contribution is 0.0306. The molecule has 0 saturated carbocycles. The van der Waals surface area contributed by atoms with Crippen LogP contribution in [0.4, 0.5) is 0 Å². The molecule has 4 rings (SSSR count). The van der Waals surface area contributed by atoms with Crippen molar-refractivity contribution in [2.24, 2.45) is 0 Å². The van der Waals surface area contributed by atoms with Crippen LogP contribution in [0.1, 0.15) is 9.67 Å². The van der Waals surface area contributed by atoms with Gasteiger partial charge in [-0.3, -0.25) is 4.79 Å². The van der Waals surface area contributed by atoms with Gasteiger partial charge in [-0.25, -0.2) is 0 Å². The fraction of sp³-hybridized carbons (Fsp3) is 0.235. The number of rotatable bonds is 3. The number of hydrogen-bond acceptors (Lipinski definition) is 6. The molecule has 2 aromatic heterocycles. The van der Waals surface area contributed by atoms with E-state index in [1.807, 2.05) is 47.4 Å². The minimum atomic E-state index is 0.0290. The van der Waals surface area contributed by atoms with E-state index in [1.165, 1.54) is 11.3 Å². The molecule has 1 fully saturated rings. The molecule has 1 amide bonds. The Kier molecular flexibility index (Phi) is 4.10. The highest BCUT2D eigenvalue weighted by Gasteiger charge is 2.21. The quantitative estimate of drug-likeness (QED) is 0.733. The SMILES string of the molecule is O=C(c1ccc(-c2noc(-c3ccccc3)n2)s1)N1CCOCC1. The Labute approximate surface area is 142 Å². The van der Waals surface area contributed by atoms with E-state index >= 15 is 0 Å². The van der Waals surface area contributed by atoms with Gasteiger partial charge in [-0.2, -0.15) is 4.98 Å². The molecule has 1 saturated heterocycles. The van der Waals surface area contributed by atoms with Gasteiger partial charge in [0.2, 0.25) is 5.82 Å². The fourth-order valence-electron chi connectivity index (χ4n) is 2.52. The number of nitrogens with zero attached hydrogens (tertiary/aromatic N) is 3. The number of hydrogen-bond donors (Lipinski definition) is 0. The standard InChI is InChI=1S/C17H15N3O3S/c21-17(20-8-10-22-11-9-20)14-7-6-13(24-14)15-18-16(23-19-15)12-4-2-1-3-5-12/h1-7H,8-11H2. The average Bonchev–Trinajstić information content (AvgIpc) is 3.32. The van der Waals surface area contributed by atoms with E-state index in [1.54, 1.807) is 0 Å². The molecule has 0 bridgehead atoms. The van der Waals surface area contributed by atoms with Gasteiger partial charge in [-0.1, -0.05) is 23.4 Å². The summed E-state index contributed by atoms with van der Waals surface area (Å²) in [4.78, 5) is 20.2. The number of carbonyl (C=O) groups excluding carboxylic acids is 1. The third kappa shape index (κ3) is 2.95. The first-order valence-corrected chi connectivity index (χ1v) is 8.49. The molecule has 0 atom stereocenters. The Morgan fingerprint density at radius 2 is 1.88 bits per heavy atom. The highest BCUT2D eigenvalue weighted by atomic mass is 32.1. The van der Waals surface area contributed by atoms with Crippen molar-refractivity contribution in [1.82, 2.24) is 15.0 Å². The van der Waals surface area contributed by atoms with Gasteiger partial charge in [0.25, 0.3) is 11.8 Å². The van der Waals surface area contributed by atoms with Gasteiger partial charge in [0.05, 0.1) is 23.0 Å². The number of ether oxygens (including phenoxy) is 1. The zero-order chi connectivity index (χ0) is 16.4. The average molecular weight is 341 g/mol. The van der Waals surface area contributed by atoms with Crippen LogP contribution < -0.4 is 0 Å². The van der Waals surface area contributed by atoms with Crippen LogP contribution >= 0.6 is 11.3 Å². The predicted octanol–water partition coefficient (Wildman–Crippen LogP) is 2.94. The summed E-state index contributed by atoms with van der Waals surface area (Å²) in [6, 6.07) is 13.3. The molecule has 0 spiro atoms. The lowest BCUT2D eigenvalue weighted by atomic mass is 10.2. The number of aromatic nitrogens is 2. The van der Waals surface area contributed by atoms with Crippen molar-refractivity contribution in [3.8, 4) is 22.2 Å². The highest BCUT2D eigenvalue weighted by molar-refractivity contribution is 7.17. The topological polar surface area (TPSA) is 68.5 Å². The summed E-state index contributed by atoms with van der Waals surface area (Å²) in [5.41, 5.74) is 0.873. The van der Waals surface area contributed by atoms with Crippen LogP contribution in [0.2, 0.25) is 0 Å². The van der Waals surface area contributed by atoms with Crippen LogP contribution in [-0.2, 0) is 4.74 Å². The van der Waals surface area contributed by atoms with Gasteiger partial charge in [-0.15, -0.1) is 11.3 Å². The molecular weight excluding hydrogens is 326 g/mol. The van der Waals surface area contributed by atoms with Gasteiger partial charge < -0.3 is 14.2 Å². The van der Waals surface area contributed by atoms with Crippen molar-refractivity contribution in [3.63, 3.8) is 0 Å². The predicted molar refractivity (Wildman–Crippen MR) is 89.8 cm³/mol. The number of amides is 1. The summed E-state index contributed by atoms with van der Waals surface area (Å²) in [6.07, 6.45) is 0. The van der Waals surface area contributed by atoms with Crippen molar-refractivity contribution in [3.05, 3.63) is 47.3 Å². The maximum absolute atomic E-state index is 12.5. The van der Waals surface area contributed by atoms with Crippen molar-refractivity contribution in [2.45, 2.75) is 0 Å². The second-order valence-corrected chi connectivity index (χ2v) is 6.44. The Hall–Kier alpha value is -2.51. The molecule has 3 aromatic rings. The molecule has 0 N–H and O–H groups in total. The zero-order valence-corrected chi connectivity index (χ0v) is 13.7. The number of benzene rings is 1. The van der Waals surface area contributed by atoms with Crippen molar-refractivity contribution in [1.29, 1.82) is 0 Å². The van der Waals surface area contributed by atoms with E-state index in [4.69, 9.17) is 9.26 Å². The summed E-state index contributed by atoms with van der Waals surface area (Å²) in [5.74, 6) is 1.00. The molecule has 7 heteroatoms. The molecule has 0 aliphatic carbocycles. The molecule has 24 heavy (non-hydrogen) atoms. The summed E-state index contributed by atoms with van der Waals surface area (Å²) in [6.45, 7) is 2.45. The number of morpholine rings is 1. The van der Waals surface area contributed by atoms with Gasteiger partial charge in [0.1, 0.15) is 0 Å². The van der Waals surface area contributed by atoms with Crippen LogP contribution in [0.15, 0.2) is 47.0 Å². The zero-order valence-electron chi connectivity index (χ0n) is 12.8. The van der Waals surface area contributed by atoms with E-state index in [9.17, 15) is 4.79 Å². The Bertz CT molecular complexity index is 838. The van der Waals surface area contributed by atoms with Crippen LogP contribution in [0.25, 0.3) is 22.2 Å². The van der Waals surface area contributed by atoms with Gasteiger partial charge in [0.15, 0.2) is 0 Å². The van der Waals surface area contributed by atoms with Crippen molar-refractivity contribution in [2.75, 3.05) is 26.3 Å². The van der Waals surface area contributed by atoms with Gasteiger partial charge in [-0.05, 0) is 24.3 Å². The van der Waals surface area contributed by atoms with Crippen molar-refractivity contribution < 1.29 is 14.1 Å². The first-order valence-electron chi connectivity index (χ1n) is 7.67. The van der Waals surface area contributed by atoms with E-state index in [2.05, 4.69) is 10.1 Å². The minimum Gasteiger partial charge on any atom is -0.378 e. The Morgan fingerprint density at radius 3 is 2.67 bits per heavy atom. The van der Waals surface area contributed by atoms with Crippen LogP contribution in [0.5, 0.6) is 0 Å². The third-order valence-corrected chi connectivity index (χ3v) is 4.85. The van der Waals surface area contributed by atoms with E-state index < -0.39 is 0 Å². The molecule has 1 aliphatic heterocycles. The monoisotopic (exact) mass is 341 g/mol. The Balaban J connectivity index is 1.55. The molecule has 6 nitrogen and oxygen atoms in total. The van der Waals surface area contributed by atoms with Crippen LogP contribution in [0.3, 0.4) is 0 Å². The normalized spacial score (nSPS) is 14.8. The maximum Gasteiger partial charge on any atom is 0.264 e. The molecule has 0 radical (unpaired) electrons. The fourth-order valence-corrected chi connectivity index (χ4v) is 3.42. The van der Waals surface area contributed by atoms with Crippen LogP contribution in [0, 0.1) is 0 Å². The summed E-state index contributed by atoms with van der Waals surface area (Å²) < 4.78 is 10.6. The minimum absolute atomic E-state index is 0.0290. The Morgan fingerprint density at radius 1 is 1.08 bits per heavy atom. The third-order valence-electron chi connectivity index (χ3n) is 3.78. The second-order valence-electron chi connectivity index (χ2n) is 5.36. The first kappa shape index (κ1) is 15.0. The second kappa shape index (κ2) is 6.54. The largest absolute Gasteiger partial charge is 0.378 e. The smallest absolute Gasteiger partial charge is 0.264 e. The lowest BCUT2D eigenvalue weighted by Crippen LogP contribution is -2.40. The molecule has 1 aliphatic rings. The van der Waals surface area contributed by atoms with E-state index in [0.717, 1.165) is 10.4 Å². The summed E-state index contributed by atoms with van der Waals surface area (Å²) in [7, 11) is 0. The molecule has 122 valence electrons. The first-order chi connectivity index (χ1) is 11.8. The molecular formula is C17H15N3O3S. The molecule has 1 aromatic carbocycles. The molecule has 3 heterocycles. The number of carbonyl (C=O) groups is 1. The van der Waals surface area contributed by atoms with Crippen LogP contribution in [-0.4, -0.2) is 47.3 Å². The van der Waals surface area contributed by atoms with E-state index in [-0.39, 0.29) is 5.91 Å². The van der Waals surface area contributed by atoms with Crippen molar-refractivity contribution >= 4 is 17.2 Å². The van der Waals surface area contributed by atoms with Gasteiger partial charge in [0, 0.05) is 18.7 Å². The van der Waals surface area contributed by atoms with E-state index in [0.29, 0.717) is 42.9 Å². The van der Waals surface area contributed by atoms with Gasteiger partial charge >= 0.3 is 0 Å². The molecule has 0 unspecified atom stereocenters. The lowest BCUT2D eigenvalue weighted by Gasteiger charge is -2.26.